The fraction of sp³-hybridized carbons (Fsp3) is 0.0909. The summed E-state index contributed by atoms with van der Waals surface area (Å²) in [5.41, 5.74) is 3.12. The SMILES string of the molecule is Cc1ccccc1NC(=O)COc1c(Br)cc(/C=C2/C(=O)NC(=O)N(c3ccc(OCc4ccccc4)cc3)C2=O)cc1Br. The molecule has 0 aliphatic carbocycles. The van der Waals surface area contributed by atoms with Crippen LogP contribution in [0.15, 0.2) is 106 Å². The number of imide groups is 2. The lowest BCUT2D eigenvalue weighted by molar-refractivity contribution is -0.122. The molecule has 2 N–H and O–H groups in total. The highest BCUT2D eigenvalue weighted by Crippen LogP contribution is 2.36. The average Bonchev–Trinajstić information content (AvgIpc) is 3.00. The summed E-state index contributed by atoms with van der Waals surface area (Å²) >= 11 is 6.87. The monoisotopic (exact) mass is 717 g/mol. The number of rotatable bonds is 9. The predicted molar refractivity (Wildman–Crippen MR) is 173 cm³/mol. The Morgan fingerprint density at radius 2 is 1.55 bits per heavy atom. The minimum absolute atomic E-state index is 0.237. The molecule has 0 spiro atoms. The lowest BCUT2D eigenvalue weighted by Gasteiger charge is -2.26. The standard InChI is InChI=1S/C33H25Br2N3O6/c1-20-7-5-6-10-28(20)36-29(39)19-44-30-26(34)16-22(17-27(30)35)15-25-31(40)37-33(42)38(32(25)41)23-11-13-24(14-12-23)43-18-21-8-3-2-4-9-21/h2-17H,18-19H2,1H3,(H,36,39)(H,37,40,42)/b25-15-. The second-order valence-electron chi connectivity index (χ2n) is 9.69. The van der Waals surface area contributed by atoms with E-state index in [2.05, 4.69) is 42.5 Å². The first-order valence-electron chi connectivity index (χ1n) is 13.3. The van der Waals surface area contributed by atoms with Crippen LogP contribution in [0.1, 0.15) is 16.7 Å². The first-order chi connectivity index (χ1) is 21.2. The summed E-state index contributed by atoms with van der Waals surface area (Å²) in [7, 11) is 0. The third-order valence-electron chi connectivity index (χ3n) is 6.54. The fourth-order valence-corrected chi connectivity index (χ4v) is 5.78. The average molecular weight is 719 g/mol. The van der Waals surface area contributed by atoms with Gasteiger partial charge in [0.25, 0.3) is 17.7 Å². The van der Waals surface area contributed by atoms with Gasteiger partial charge in [-0.05, 0) is 104 Å². The Balaban J connectivity index is 1.28. The molecule has 0 atom stereocenters. The van der Waals surface area contributed by atoms with E-state index < -0.39 is 17.8 Å². The fourth-order valence-electron chi connectivity index (χ4n) is 4.33. The number of ether oxygens (including phenoxy) is 2. The molecular formula is C33H25Br2N3O6. The Kier molecular flexibility index (Phi) is 9.56. The highest BCUT2D eigenvalue weighted by molar-refractivity contribution is 9.11. The van der Waals surface area contributed by atoms with Gasteiger partial charge in [0.2, 0.25) is 0 Å². The molecule has 0 unspecified atom stereocenters. The van der Waals surface area contributed by atoms with Crippen molar-refractivity contribution >= 4 is 73.1 Å². The summed E-state index contributed by atoms with van der Waals surface area (Å²) in [6.45, 7) is 2.00. The van der Waals surface area contributed by atoms with Gasteiger partial charge in [-0.3, -0.25) is 19.7 Å². The second-order valence-corrected chi connectivity index (χ2v) is 11.4. The molecule has 1 aliphatic heterocycles. The van der Waals surface area contributed by atoms with Crippen LogP contribution in [0, 0.1) is 6.92 Å². The highest BCUT2D eigenvalue weighted by atomic mass is 79.9. The number of barbiturate groups is 1. The number of hydrogen-bond donors (Lipinski definition) is 2. The Bertz CT molecular complexity index is 1750. The van der Waals surface area contributed by atoms with Crippen LogP contribution in [0.25, 0.3) is 6.08 Å². The molecule has 1 heterocycles. The van der Waals surface area contributed by atoms with Crippen LogP contribution in [0.2, 0.25) is 0 Å². The molecule has 0 bridgehead atoms. The summed E-state index contributed by atoms with van der Waals surface area (Å²) in [4.78, 5) is 52.1. The number of aryl methyl sites for hydroxylation is 1. The first-order valence-corrected chi connectivity index (χ1v) is 14.9. The molecule has 4 aromatic carbocycles. The highest BCUT2D eigenvalue weighted by Gasteiger charge is 2.37. The topological polar surface area (TPSA) is 114 Å². The maximum absolute atomic E-state index is 13.4. The van der Waals surface area contributed by atoms with Crippen molar-refractivity contribution in [3.63, 3.8) is 0 Å². The van der Waals surface area contributed by atoms with E-state index in [1.54, 1.807) is 42.5 Å². The van der Waals surface area contributed by atoms with Gasteiger partial charge in [0.1, 0.15) is 23.7 Å². The number of urea groups is 1. The van der Waals surface area contributed by atoms with Gasteiger partial charge in [-0.15, -0.1) is 0 Å². The second kappa shape index (κ2) is 13.7. The molecule has 0 aromatic heterocycles. The molecule has 5 amide bonds. The Morgan fingerprint density at radius 1 is 0.886 bits per heavy atom. The maximum Gasteiger partial charge on any atom is 0.335 e. The van der Waals surface area contributed by atoms with Gasteiger partial charge in [-0.1, -0.05) is 48.5 Å². The van der Waals surface area contributed by atoms with Crippen molar-refractivity contribution in [1.82, 2.24) is 5.32 Å². The van der Waals surface area contributed by atoms with Gasteiger partial charge in [-0.25, -0.2) is 9.69 Å². The molecule has 0 saturated carbocycles. The van der Waals surface area contributed by atoms with Crippen LogP contribution in [0.4, 0.5) is 16.2 Å². The number of carbonyl (C=O) groups excluding carboxylic acids is 4. The molecule has 44 heavy (non-hydrogen) atoms. The van der Waals surface area contributed by atoms with E-state index in [9.17, 15) is 19.2 Å². The van der Waals surface area contributed by atoms with Crippen molar-refractivity contribution in [2.24, 2.45) is 0 Å². The van der Waals surface area contributed by atoms with Crippen molar-refractivity contribution < 1.29 is 28.7 Å². The third kappa shape index (κ3) is 7.24. The number of benzene rings is 4. The van der Waals surface area contributed by atoms with Gasteiger partial charge in [0.15, 0.2) is 6.61 Å². The number of amides is 5. The van der Waals surface area contributed by atoms with Crippen LogP contribution in [-0.2, 0) is 21.0 Å². The molecule has 1 saturated heterocycles. The van der Waals surface area contributed by atoms with E-state index in [1.807, 2.05) is 55.5 Å². The summed E-state index contributed by atoms with van der Waals surface area (Å²) in [5.74, 6) is -1.03. The molecule has 11 heteroatoms. The molecular weight excluding hydrogens is 694 g/mol. The van der Waals surface area contributed by atoms with Gasteiger partial charge in [-0.2, -0.15) is 0 Å². The summed E-state index contributed by atoms with van der Waals surface area (Å²) < 4.78 is 12.5. The molecule has 4 aromatic rings. The van der Waals surface area contributed by atoms with E-state index >= 15 is 0 Å². The first kappa shape index (κ1) is 30.7. The van der Waals surface area contributed by atoms with E-state index in [1.165, 1.54) is 6.08 Å². The number of para-hydroxylation sites is 1. The van der Waals surface area contributed by atoms with Crippen molar-refractivity contribution in [2.75, 3.05) is 16.8 Å². The molecule has 9 nitrogen and oxygen atoms in total. The van der Waals surface area contributed by atoms with E-state index in [0.717, 1.165) is 16.0 Å². The summed E-state index contributed by atoms with van der Waals surface area (Å²) in [6.07, 6.45) is 1.37. The van der Waals surface area contributed by atoms with Crippen molar-refractivity contribution in [2.45, 2.75) is 13.5 Å². The summed E-state index contributed by atoms with van der Waals surface area (Å²) in [5, 5.41) is 5.03. The van der Waals surface area contributed by atoms with Crippen LogP contribution in [0.3, 0.4) is 0 Å². The zero-order valence-corrected chi connectivity index (χ0v) is 26.5. The lowest BCUT2D eigenvalue weighted by Crippen LogP contribution is -2.54. The van der Waals surface area contributed by atoms with E-state index in [0.29, 0.717) is 38.3 Å². The van der Waals surface area contributed by atoms with E-state index in [4.69, 9.17) is 9.47 Å². The van der Waals surface area contributed by atoms with Crippen molar-refractivity contribution in [3.8, 4) is 11.5 Å². The Morgan fingerprint density at radius 3 is 2.23 bits per heavy atom. The van der Waals surface area contributed by atoms with E-state index in [-0.39, 0.29) is 23.8 Å². The zero-order valence-electron chi connectivity index (χ0n) is 23.3. The van der Waals surface area contributed by atoms with Crippen LogP contribution < -0.4 is 25.0 Å². The third-order valence-corrected chi connectivity index (χ3v) is 7.72. The minimum Gasteiger partial charge on any atom is -0.489 e. The molecule has 222 valence electrons. The zero-order chi connectivity index (χ0) is 31.2. The van der Waals surface area contributed by atoms with Crippen molar-refractivity contribution in [3.05, 3.63) is 122 Å². The largest absolute Gasteiger partial charge is 0.489 e. The van der Waals surface area contributed by atoms with Crippen molar-refractivity contribution in [1.29, 1.82) is 0 Å². The summed E-state index contributed by atoms with van der Waals surface area (Å²) in [6, 6.07) is 25.9. The van der Waals surface area contributed by atoms with Crippen LogP contribution in [0.5, 0.6) is 11.5 Å². The lowest BCUT2D eigenvalue weighted by atomic mass is 10.1. The predicted octanol–water partition coefficient (Wildman–Crippen LogP) is 6.78. The number of hydrogen-bond acceptors (Lipinski definition) is 6. The van der Waals surface area contributed by atoms with Gasteiger partial charge in [0.05, 0.1) is 14.6 Å². The van der Waals surface area contributed by atoms with Gasteiger partial charge < -0.3 is 14.8 Å². The number of nitrogens with one attached hydrogen (secondary N) is 2. The minimum atomic E-state index is -0.856. The van der Waals surface area contributed by atoms with Crippen LogP contribution >= 0.6 is 31.9 Å². The normalized spacial score (nSPS) is 13.9. The molecule has 5 rings (SSSR count). The van der Waals surface area contributed by atoms with Gasteiger partial charge in [0, 0.05) is 5.69 Å². The number of carbonyl (C=O) groups is 4. The van der Waals surface area contributed by atoms with Gasteiger partial charge >= 0.3 is 6.03 Å². The van der Waals surface area contributed by atoms with Crippen LogP contribution in [-0.4, -0.2) is 30.4 Å². The Labute approximate surface area is 270 Å². The molecule has 1 fully saturated rings. The number of halogens is 2. The quantitative estimate of drug-likeness (QED) is 0.146. The molecule has 1 aliphatic rings. The molecule has 0 radical (unpaired) electrons. The Hall–Kier alpha value is -4.74. The maximum atomic E-state index is 13.4. The number of anilines is 2. The number of nitrogens with zero attached hydrogens (tertiary/aromatic N) is 1. The smallest absolute Gasteiger partial charge is 0.335 e.